The van der Waals surface area contributed by atoms with Crippen LogP contribution in [0.15, 0.2) is 66.2 Å². The molecule has 6 nitrogen and oxygen atoms in total. The van der Waals surface area contributed by atoms with Crippen LogP contribution in [0.3, 0.4) is 0 Å². The van der Waals surface area contributed by atoms with Gasteiger partial charge in [0, 0.05) is 5.56 Å². The highest BCUT2D eigenvalue weighted by atomic mass is 16.3. The summed E-state index contributed by atoms with van der Waals surface area (Å²) < 4.78 is 0. The van der Waals surface area contributed by atoms with E-state index in [9.17, 15) is 14.7 Å². The first kappa shape index (κ1) is 25.1. The minimum atomic E-state index is -0.822. The highest BCUT2D eigenvalue weighted by Gasteiger charge is 2.48. The first-order valence-electron chi connectivity index (χ1n) is 13.6. The normalized spacial score (nSPS) is 19.1. The van der Waals surface area contributed by atoms with Crippen molar-refractivity contribution in [3.63, 3.8) is 0 Å². The van der Waals surface area contributed by atoms with Crippen LogP contribution in [0.5, 0.6) is 0 Å². The molecule has 0 saturated carbocycles. The third kappa shape index (κ3) is 4.34. The molecule has 1 unspecified atom stereocenters. The highest BCUT2D eigenvalue weighted by molar-refractivity contribution is 6.51. The van der Waals surface area contributed by atoms with Gasteiger partial charge in [0.1, 0.15) is 5.76 Å². The van der Waals surface area contributed by atoms with Crippen LogP contribution in [0.4, 0.5) is 5.95 Å². The molecule has 1 saturated heterocycles. The van der Waals surface area contributed by atoms with Crippen LogP contribution >= 0.6 is 0 Å². The fourth-order valence-electron chi connectivity index (χ4n) is 5.79. The summed E-state index contributed by atoms with van der Waals surface area (Å²) in [7, 11) is 0. The van der Waals surface area contributed by atoms with Crippen molar-refractivity contribution in [3.05, 3.63) is 99.6 Å². The Morgan fingerprint density at radius 2 is 1.67 bits per heavy atom. The molecule has 2 N–H and O–H groups in total. The number of imidazole rings is 1. The van der Waals surface area contributed by atoms with Gasteiger partial charge in [0.05, 0.1) is 22.6 Å². The fraction of sp³-hybridized carbons (Fsp3) is 0.303. The molecule has 3 aromatic carbocycles. The number of aryl methyl sites for hydroxylation is 3. The number of hydrogen-bond acceptors (Lipinski definition) is 4. The summed E-state index contributed by atoms with van der Waals surface area (Å²) >= 11 is 0. The topological polar surface area (TPSA) is 86.3 Å². The van der Waals surface area contributed by atoms with Gasteiger partial charge in [-0.25, -0.2) is 4.98 Å². The number of aliphatic hydroxyl groups excluding tert-OH is 1. The first-order valence-corrected chi connectivity index (χ1v) is 13.6. The minimum absolute atomic E-state index is 0.0555. The van der Waals surface area contributed by atoms with E-state index in [-0.39, 0.29) is 22.7 Å². The largest absolute Gasteiger partial charge is 0.507 e. The number of benzene rings is 3. The van der Waals surface area contributed by atoms with Gasteiger partial charge in [0.15, 0.2) is 0 Å². The van der Waals surface area contributed by atoms with Crippen molar-refractivity contribution in [2.75, 3.05) is 4.90 Å². The van der Waals surface area contributed by atoms with E-state index in [0.29, 0.717) is 11.1 Å². The van der Waals surface area contributed by atoms with Gasteiger partial charge in [-0.3, -0.25) is 14.5 Å². The summed E-state index contributed by atoms with van der Waals surface area (Å²) in [6.07, 6.45) is 4.23. The van der Waals surface area contributed by atoms with Crippen molar-refractivity contribution < 1.29 is 14.7 Å². The average Bonchev–Trinajstić information content (AvgIpc) is 3.45. The summed E-state index contributed by atoms with van der Waals surface area (Å²) in [4.78, 5) is 36.5. The second-order valence-electron chi connectivity index (χ2n) is 11.8. The van der Waals surface area contributed by atoms with E-state index in [1.165, 1.54) is 16.0 Å². The molecule has 0 bridgehead atoms. The Morgan fingerprint density at radius 3 is 2.38 bits per heavy atom. The van der Waals surface area contributed by atoms with Crippen LogP contribution in [0, 0.1) is 6.92 Å². The summed E-state index contributed by atoms with van der Waals surface area (Å²) in [6.45, 7) is 8.41. The van der Waals surface area contributed by atoms with E-state index >= 15 is 0 Å². The molecule has 0 radical (unpaired) electrons. The van der Waals surface area contributed by atoms with Gasteiger partial charge in [-0.2, -0.15) is 0 Å². The molecule has 0 spiro atoms. The molecule has 6 heteroatoms. The Labute approximate surface area is 228 Å². The molecule has 1 aliphatic carbocycles. The molecule has 1 aliphatic heterocycles. The number of carbonyl (C=O) groups is 2. The molecule has 4 aromatic rings. The maximum atomic E-state index is 13.6. The number of aliphatic hydroxyl groups is 1. The van der Waals surface area contributed by atoms with Crippen LogP contribution in [0.25, 0.3) is 16.8 Å². The third-order valence-corrected chi connectivity index (χ3v) is 8.01. The average molecular weight is 520 g/mol. The van der Waals surface area contributed by atoms with Gasteiger partial charge in [0.2, 0.25) is 5.95 Å². The number of nitrogens with one attached hydrogen (secondary N) is 1. The van der Waals surface area contributed by atoms with Crippen molar-refractivity contribution >= 4 is 34.4 Å². The molecular weight excluding hydrogens is 486 g/mol. The maximum absolute atomic E-state index is 13.6. The number of nitrogens with zero attached hydrogens (tertiary/aromatic N) is 2. The first-order chi connectivity index (χ1) is 18.6. The van der Waals surface area contributed by atoms with Crippen molar-refractivity contribution in [2.24, 2.45) is 0 Å². The SMILES string of the molecule is Cc1ccc2nc(N3C(=O)C(=O)/C(=C(/O)c4ccc5c(c4)CCCC5)C3c3ccc(C(C)(C)C)cc3)[nH]c2c1. The number of carbonyl (C=O) groups excluding carboxylic acids is 2. The zero-order chi connectivity index (χ0) is 27.5. The number of hydrogen-bond donors (Lipinski definition) is 2. The second-order valence-corrected chi connectivity index (χ2v) is 11.8. The number of anilines is 1. The van der Waals surface area contributed by atoms with Crippen LogP contribution in [-0.4, -0.2) is 26.8 Å². The lowest BCUT2D eigenvalue weighted by molar-refractivity contribution is -0.132. The lowest BCUT2D eigenvalue weighted by Gasteiger charge is -2.25. The lowest BCUT2D eigenvalue weighted by Crippen LogP contribution is -2.30. The van der Waals surface area contributed by atoms with Crippen molar-refractivity contribution in [3.8, 4) is 0 Å². The van der Waals surface area contributed by atoms with Crippen molar-refractivity contribution in [2.45, 2.75) is 64.8 Å². The predicted octanol–water partition coefficient (Wildman–Crippen LogP) is 6.67. The third-order valence-electron chi connectivity index (χ3n) is 8.01. The Bertz CT molecular complexity index is 1650. The number of aromatic amines is 1. The summed E-state index contributed by atoms with van der Waals surface area (Å²) in [5, 5.41) is 11.6. The summed E-state index contributed by atoms with van der Waals surface area (Å²) in [6, 6.07) is 18.8. The number of fused-ring (bicyclic) bond motifs is 2. The lowest BCUT2D eigenvalue weighted by atomic mass is 9.85. The number of ketones is 1. The van der Waals surface area contributed by atoms with Gasteiger partial charge >= 0.3 is 5.91 Å². The van der Waals surface area contributed by atoms with E-state index < -0.39 is 17.7 Å². The van der Waals surface area contributed by atoms with E-state index in [4.69, 9.17) is 0 Å². The van der Waals surface area contributed by atoms with E-state index in [0.717, 1.165) is 47.9 Å². The van der Waals surface area contributed by atoms with Gasteiger partial charge in [-0.15, -0.1) is 0 Å². The summed E-state index contributed by atoms with van der Waals surface area (Å²) in [5.41, 5.74) is 7.47. The van der Waals surface area contributed by atoms with E-state index in [2.05, 4.69) is 30.7 Å². The summed E-state index contributed by atoms with van der Waals surface area (Å²) in [5.74, 6) is -1.30. The fourth-order valence-corrected chi connectivity index (χ4v) is 5.79. The Hall–Kier alpha value is -4.19. The van der Waals surface area contributed by atoms with E-state index in [1.54, 1.807) is 0 Å². The standard InChI is InChI=1S/C33H33N3O3/c1-19-9-16-25-26(17-19)35-32(34-25)36-28(21-12-14-24(15-13-21)33(2,3)4)27(30(38)31(36)39)29(37)23-11-10-20-7-5-6-8-22(20)18-23/h9-18,28,37H,5-8H2,1-4H3,(H,34,35)/b29-27+. The molecule has 198 valence electrons. The maximum Gasteiger partial charge on any atom is 0.302 e. The van der Waals surface area contributed by atoms with Gasteiger partial charge in [-0.1, -0.05) is 63.2 Å². The molecule has 1 atom stereocenters. The molecule has 6 rings (SSSR count). The zero-order valence-corrected chi connectivity index (χ0v) is 22.8. The van der Waals surface area contributed by atoms with Crippen LogP contribution < -0.4 is 4.90 Å². The van der Waals surface area contributed by atoms with Crippen molar-refractivity contribution in [1.29, 1.82) is 0 Å². The van der Waals surface area contributed by atoms with Crippen LogP contribution in [-0.2, 0) is 27.8 Å². The van der Waals surface area contributed by atoms with Gasteiger partial charge in [-0.05, 0) is 84.0 Å². The van der Waals surface area contributed by atoms with Crippen LogP contribution in [0.1, 0.15) is 73.0 Å². The molecular formula is C33H33N3O3. The number of aromatic nitrogens is 2. The molecule has 39 heavy (non-hydrogen) atoms. The molecule has 1 amide bonds. The molecule has 2 aliphatic rings. The number of rotatable bonds is 3. The Kier molecular flexibility index (Phi) is 5.94. The molecule has 2 heterocycles. The highest BCUT2D eigenvalue weighted by Crippen LogP contribution is 2.42. The Balaban J connectivity index is 1.53. The second kappa shape index (κ2) is 9.23. The van der Waals surface area contributed by atoms with Crippen LogP contribution in [0.2, 0.25) is 0 Å². The number of Topliss-reactive ketones (excluding diaryl/α,β-unsaturated/α-hetero) is 1. The van der Waals surface area contributed by atoms with E-state index in [1.807, 2.05) is 67.6 Å². The minimum Gasteiger partial charge on any atom is -0.507 e. The number of amides is 1. The molecule has 1 aromatic heterocycles. The Morgan fingerprint density at radius 1 is 0.949 bits per heavy atom. The smallest absolute Gasteiger partial charge is 0.302 e. The van der Waals surface area contributed by atoms with Crippen molar-refractivity contribution in [1.82, 2.24) is 9.97 Å². The van der Waals surface area contributed by atoms with Gasteiger partial charge in [0.25, 0.3) is 5.78 Å². The predicted molar refractivity (Wildman–Crippen MR) is 154 cm³/mol. The number of H-pyrrole nitrogens is 1. The quantitative estimate of drug-likeness (QED) is 0.180. The van der Waals surface area contributed by atoms with Gasteiger partial charge < -0.3 is 10.1 Å². The molecule has 1 fully saturated rings. The monoisotopic (exact) mass is 519 g/mol. The zero-order valence-electron chi connectivity index (χ0n) is 22.8.